The lowest BCUT2D eigenvalue weighted by Crippen LogP contribution is -2.43. The zero-order chi connectivity index (χ0) is 15.2. The summed E-state index contributed by atoms with van der Waals surface area (Å²) in [5.74, 6) is 0.0982. The molecule has 1 amide bonds. The van der Waals surface area contributed by atoms with Gasteiger partial charge >= 0.3 is 0 Å². The first-order chi connectivity index (χ1) is 10.1. The first kappa shape index (κ1) is 16.0. The third kappa shape index (κ3) is 4.55. The van der Waals surface area contributed by atoms with Crippen molar-refractivity contribution < 1.29 is 9.90 Å². The Hall–Kier alpha value is -1.39. The quantitative estimate of drug-likeness (QED) is 0.833. The molecule has 1 atom stereocenters. The first-order valence-electron chi connectivity index (χ1n) is 7.78. The minimum atomic E-state index is 0.0192. The smallest absolute Gasteiger partial charge is 0.227 e. The van der Waals surface area contributed by atoms with Crippen LogP contribution in [0.15, 0.2) is 18.2 Å². The summed E-state index contributed by atoms with van der Waals surface area (Å²) in [5.41, 5.74) is 3.51. The summed E-state index contributed by atoms with van der Waals surface area (Å²) in [6.45, 7) is 6.31. The topological polar surface area (TPSA) is 52.6 Å². The van der Waals surface area contributed by atoms with Gasteiger partial charge < -0.3 is 15.3 Å². The van der Waals surface area contributed by atoms with Crippen LogP contribution in [0.4, 0.5) is 0 Å². The fraction of sp³-hybridized carbons (Fsp3) is 0.588. The molecule has 4 heteroatoms. The van der Waals surface area contributed by atoms with Gasteiger partial charge in [0.05, 0.1) is 13.0 Å². The van der Waals surface area contributed by atoms with Gasteiger partial charge in [-0.05, 0) is 49.9 Å². The maximum atomic E-state index is 12.5. The summed E-state index contributed by atoms with van der Waals surface area (Å²) in [4.78, 5) is 14.3. The van der Waals surface area contributed by atoms with Crippen molar-refractivity contribution in [2.24, 2.45) is 0 Å². The Kier molecular flexibility index (Phi) is 5.76. The monoisotopic (exact) mass is 290 g/mol. The lowest BCUT2D eigenvalue weighted by atomic mass is 10.0. The number of nitrogens with zero attached hydrogens (tertiary/aromatic N) is 1. The van der Waals surface area contributed by atoms with Crippen LogP contribution in [-0.4, -0.2) is 48.2 Å². The molecule has 0 radical (unpaired) electrons. The molecule has 1 aromatic rings. The van der Waals surface area contributed by atoms with Crippen LogP contribution in [0.1, 0.15) is 29.5 Å². The minimum absolute atomic E-state index is 0.0192. The number of nitrogens with one attached hydrogen (secondary N) is 1. The van der Waals surface area contributed by atoms with Gasteiger partial charge in [-0.25, -0.2) is 0 Å². The number of hydrogen-bond acceptors (Lipinski definition) is 3. The molecule has 0 aliphatic carbocycles. The van der Waals surface area contributed by atoms with Crippen molar-refractivity contribution in [2.45, 2.75) is 39.2 Å². The fourth-order valence-corrected chi connectivity index (χ4v) is 2.82. The van der Waals surface area contributed by atoms with E-state index in [-0.39, 0.29) is 12.5 Å². The van der Waals surface area contributed by atoms with Crippen molar-refractivity contribution in [1.29, 1.82) is 0 Å². The third-order valence-corrected chi connectivity index (χ3v) is 4.25. The van der Waals surface area contributed by atoms with Crippen LogP contribution in [0.3, 0.4) is 0 Å². The Morgan fingerprint density at radius 1 is 1.38 bits per heavy atom. The Labute approximate surface area is 127 Å². The summed E-state index contributed by atoms with van der Waals surface area (Å²) >= 11 is 0. The number of carbonyl (C=O) groups excluding carboxylic acids is 1. The molecule has 0 spiro atoms. The van der Waals surface area contributed by atoms with Crippen LogP contribution in [-0.2, 0) is 11.2 Å². The summed E-state index contributed by atoms with van der Waals surface area (Å²) < 4.78 is 0. The molecule has 116 valence electrons. The Balaban J connectivity index is 1.98. The average molecular weight is 290 g/mol. The summed E-state index contributed by atoms with van der Waals surface area (Å²) in [6, 6.07) is 6.54. The van der Waals surface area contributed by atoms with Gasteiger partial charge in [0.25, 0.3) is 0 Å². The van der Waals surface area contributed by atoms with E-state index in [0.717, 1.165) is 18.5 Å². The van der Waals surface area contributed by atoms with Gasteiger partial charge in [0.2, 0.25) is 5.91 Å². The zero-order valence-electron chi connectivity index (χ0n) is 13.1. The SMILES string of the molecule is Cc1ccc(CC(=O)N(CCO)CC2CCCN2)cc1C. The maximum absolute atomic E-state index is 12.5. The lowest BCUT2D eigenvalue weighted by Gasteiger charge is -2.25. The predicted molar refractivity (Wildman–Crippen MR) is 84.3 cm³/mol. The molecule has 0 saturated carbocycles. The van der Waals surface area contributed by atoms with E-state index in [1.165, 1.54) is 17.5 Å². The Bertz CT molecular complexity index is 482. The standard InChI is InChI=1S/C17H26N2O2/c1-13-5-6-15(10-14(13)2)11-17(21)19(8-9-20)12-16-4-3-7-18-16/h5-6,10,16,18,20H,3-4,7-9,11-12H2,1-2H3. The number of carbonyl (C=O) groups is 1. The van der Waals surface area contributed by atoms with Gasteiger partial charge in [-0.2, -0.15) is 0 Å². The van der Waals surface area contributed by atoms with E-state index in [4.69, 9.17) is 0 Å². The second-order valence-electron chi connectivity index (χ2n) is 5.95. The van der Waals surface area contributed by atoms with Gasteiger partial charge in [-0.1, -0.05) is 18.2 Å². The van der Waals surface area contributed by atoms with Crippen molar-refractivity contribution in [3.8, 4) is 0 Å². The number of aliphatic hydroxyl groups excluding tert-OH is 1. The molecule has 4 nitrogen and oxygen atoms in total. The largest absolute Gasteiger partial charge is 0.395 e. The number of amides is 1. The molecule has 1 heterocycles. The number of rotatable bonds is 6. The lowest BCUT2D eigenvalue weighted by molar-refractivity contribution is -0.131. The van der Waals surface area contributed by atoms with Crippen molar-refractivity contribution in [3.63, 3.8) is 0 Å². The van der Waals surface area contributed by atoms with Gasteiger partial charge in [0.1, 0.15) is 0 Å². The molecule has 1 aliphatic rings. The summed E-state index contributed by atoms with van der Waals surface area (Å²) in [5, 5.41) is 12.6. The molecule has 1 fully saturated rings. The first-order valence-corrected chi connectivity index (χ1v) is 7.78. The molecule has 0 aromatic heterocycles. The van der Waals surface area contributed by atoms with Crippen LogP contribution in [0.25, 0.3) is 0 Å². The fourth-order valence-electron chi connectivity index (χ4n) is 2.82. The highest BCUT2D eigenvalue weighted by atomic mass is 16.3. The molecule has 21 heavy (non-hydrogen) atoms. The second-order valence-corrected chi connectivity index (χ2v) is 5.95. The van der Waals surface area contributed by atoms with E-state index in [1.807, 2.05) is 6.07 Å². The molecule has 1 unspecified atom stereocenters. The summed E-state index contributed by atoms with van der Waals surface area (Å²) in [6.07, 6.45) is 2.69. The highest BCUT2D eigenvalue weighted by Gasteiger charge is 2.21. The number of aliphatic hydroxyl groups is 1. The highest BCUT2D eigenvalue weighted by molar-refractivity contribution is 5.79. The van der Waals surface area contributed by atoms with Crippen LogP contribution >= 0.6 is 0 Å². The molecule has 1 saturated heterocycles. The average Bonchev–Trinajstić information content (AvgIpc) is 2.95. The van der Waals surface area contributed by atoms with Crippen molar-refractivity contribution in [3.05, 3.63) is 34.9 Å². The van der Waals surface area contributed by atoms with Crippen LogP contribution < -0.4 is 5.32 Å². The van der Waals surface area contributed by atoms with Gasteiger partial charge in [0, 0.05) is 19.1 Å². The predicted octanol–water partition coefficient (Wildman–Crippen LogP) is 1.42. The number of aryl methyl sites for hydroxylation is 2. The van der Waals surface area contributed by atoms with Gasteiger partial charge in [-0.3, -0.25) is 4.79 Å². The molecule has 1 aromatic carbocycles. The summed E-state index contributed by atoms with van der Waals surface area (Å²) in [7, 11) is 0. The third-order valence-electron chi connectivity index (χ3n) is 4.25. The van der Waals surface area contributed by atoms with Crippen LogP contribution in [0.2, 0.25) is 0 Å². The van der Waals surface area contributed by atoms with Crippen LogP contribution in [0, 0.1) is 13.8 Å². The molecule has 0 bridgehead atoms. The number of benzene rings is 1. The molecule has 2 N–H and O–H groups in total. The zero-order valence-corrected chi connectivity index (χ0v) is 13.1. The molecule has 1 aliphatic heterocycles. The van der Waals surface area contributed by atoms with E-state index < -0.39 is 0 Å². The Morgan fingerprint density at radius 3 is 2.81 bits per heavy atom. The van der Waals surface area contributed by atoms with E-state index >= 15 is 0 Å². The van der Waals surface area contributed by atoms with Crippen molar-refractivity contribution >= 4 is 5.91 Å². The Morgan fingerprint density at radius 2 is 2.19 bits per heavy atom. The van der Waals surface area contributed by atoms with Gasteiger partial charge in [-0.15, -0.1) is 0 Å². The normalized spacial score (nSPS) is 18.0. The van der Waals surface area contributed by atoms with Crippen molar-refractivity contribution in [1.82, 2.24) is 10.2 Å². The van der Waals surface area contributed by atoms with Crippen LogP contribution in [0.5, 0.6) is 0 Å². The highest BCUT2D eigenvalue weighted by Crippen LogP contribution is 2.12. The van der Waals surface area contributed by atoms with E-state index in [1.54, 1.807) is 4.90 Å². The van der Waals surface area contributed by atoms with Gasteiger partial charge in [0.15, 0.2) is 0 Å². The molecular weight excluding hydrogens is 264 g/mol. The van der Waals surface area contributed by atoms with E-state index in [0.29, 0.717) is 25.6 Å². The number of hydrogen-bond donors (Lipinski definition) is 2. The van der Waals surface area contributed by atoms with Crippen molar-refractivity contribution in [2.75, 3.05) is 26.2 Å². The van der Waals surface area contributed by atoms with E-state index in [2.05, 4.69) is 31.3 Å². The van der Waals surface area contributed by atoms with E-state index in [9.17, 15) is 9.90 Å². The minimum Gasteiger partial charge on any atom is -0.395 e. The molecular formula is C17H26N2O2. The second kappa shape index (κ2) is 7.57. The molecule has 2 rings (SSSR count). The maximum Gasteiger partial charge on any atom is 0.227 e.